The molecule has 1 aromatic carbocycles. The summed E-state index contributed by atoms with van der Waals surface area (Å²) in [5, 5.41) is 3.19. The van der Waals surface area contributed by atoms with Gasteiger partial charge in [0.2, 0.25) is 10.0 Å². The third kappa shape index (κ3) is 3.87. The Kier molecular flexibility index (Phi) is 5.60. The van der Waals surface area contributed by atoms with Crippen molar-refractivity contribution < 1.29 is 17.9 Å². The largest absolute Gasteiger partial charge is 0.465 e. The van der Waals surface area contributed by atoms with E-state index in [4.69, 9.17) is 0 Å². The van der Waals surface area contributed by atoms with Crippen molar-refractivity contribution in [3.63, 3.8) is 0 Å². The number of carbonyl (C=O) groups excluding carboxylic acids is 1. The van der Waals surface area contributed by atoms with Gasteiger partial charge >= 0.3 is 5.97 Å². The van der Waals surface area contributed by atoms with Crippen LogP contribution >= 0.6 is 15.9 Å². The van der Waals surface area contributed by atoms with Gasteiger partial charge in [-0.05, 0) is 53.0 Å². The molecule has 8 heteroatoms. The first-order chi connectivity index (χ1) is 10.3. The number of nitrogens with one attached hydrogen (secondary N) is 2. The number of rotatable bonds is 4. The van der Waals surface area contributed by atoms with Gasteiger partial charge in [-0.15, -0.1) is 0 Å². The zero-order valence-electron chi connectivity index (χ0n) is 12.4. The molecule has 2 atom stereocenters. The number of esters is 1. The van der Waals surface area contributed by atoms with Crippen LogP contribution in [0.5, 0.6) is 0 Å². The maximum atomic E-state index is 12.5. The van der Waals surface area contributed by atoms with Crippen LogP contribution in [0.4, 0.5) is 0 Å². The SMILES string of the molecule is COC(=O)c1ccc(S(=O)(=O)NC2CNCCC2C)c(Br)c1. The Bertz CT molecular complexity index is 663. The number of benzene rings is 1. The fraction of sp³-hybridized carbons (Fsp3) is 0.500. The van der Waals surface area contributed by atoms with Gasteiger partial charge in [-0.3, -0.25) is 0 Å². The highest BCUT2D eigenvalue weighted by Gasteiger charge is 2.28. The van der Waals surface area contributed by atoms with Crippen LogP contribution in [0.25, 0.3) is 0 Å². The molecule has 1 aliphatic heterocycles. The average molecular weight is 391 g/mol. The molecule has 122 valence electrons. The van der Waals surface area contributed by atoms with E-state index in [-0.39, 0.29) is 16.9 Å². The molecule has 0 bridgehead atoms. The van der Waals surface area contributed by atoms with Crippen molar-refractivity contribution >= 4 is 31.9 Å². The Morgan fingerprint density at radius 1 is 1.45 bits per heavy atom. The van der Waals surface area contributed by atoms with Crippen LogP contribution in [0, 0.1) is 5.92 Å². The molecule has 0 saturated carbocycles. The smallest absolute Gasteiger partial charge is 0.337 e. The van der Waals surface area contributed by atoms with Crippen LogP contribution in [0.2, 0.25) is 0 Å². The first kappa shape index (κ1) is 17.4. The van der Waals surface area contributed by atoms with E-state index in [0.29, 0.717) is 16.6 Å². The van der Waals surface area contributed by atoms with Crippen LogP contribution in [0.3, 0.4) is 0 Å². The van der Waals surface area contributed by atoms with Gasteiger partial charge in [0.15, 0.2) is 0 Å². The molecule has 0 amide bonds. The lowest BCUT2D eigenvalue weighted by Gasteiger charge is -2.30. The number of ether oxygens (including phenoxy) is 1. The predicted molar refractivity (Wildman–Crippen MR) is 86.2 cm³/mol. The molecule has 1 aromatic rings. The van der Waals surface area contributed by atoms with Gasteiger partial charge in [0.25, 0.3) is 0 Å². The van der Waals surface area contributed by atoms with Crippen molar-refractivity contribution in [2.45, 2.75) is 24.3 Å². The molecule has 2 N–H and O–H groups in total. The lowest BCUT2D eigenvalue weighted by Crippen LogP contribution is -2.50. The van der Waals surface area contributed by atoms with E-state index >= 15 is 0 Å². The maximum absolute atomic E-state index is 12.5. The van der Waals surface area contributed by atoms with Crippen molar-refractivity contribution in [3.05, 3.63) is 28.2 Å². The van der Waals surface area contributed by atoms with Crippen LogP contribution in [-0.4, -0.2) is 40.6 Å². The summed E-state index contributed by atoms with van der Waals surface area (Å²) in [6.07, 6.45) is 0.926. The molecule has 1 fully saturated rings. The second-order valence-electron chi connectivity index (χ2n) is 5.33. The van der Waals surface area contributed by atoms with Gasteiger partial charge in [-0.1, -0.05) is 6.92 Å². The number of sulfonamides is 1. The first-order valence-electron chi connectivity index (χ1n) is 6.96. The van der Waals surface area contributed by atoms with Crippen LogP contribution in [0.1, 0.15) is 23.7 Å². The average Bonchev–Trinajstić information content (AvgIpc) is 2.48. The van der Waals surface area contributed by atoms with Crippen molar-refractivity contribution in [3.8, 4) is 0 Å². The summed E-state index contributed by atoms with van der Waals surface area (Å²) in [4.78, 5) is 11.6. The molecule has 1 aliphatic rings. The maximum Gasteiger partial charge on any atom is 0.337 e. The van der Waals surface area contributed by atoms with Gasteiger partial charge in [-0.25, -0.2) is 17.9 Å². The fourth-order valence-electron chi connectivity index (χ4n) is 2.37. The van der Waals surface area contributed by atoms with Crippen LogP contribution in [-0.2, 0) is 14.8 Å². The monoisotopic (exact) mass is 390 g/mol. The predicted octanol–water partition coefficient (Wildman–Crippen LogP) is 1.51. The molecule has 0 aromatic heterocycles. The van der Waals surface area contributed by atoms with E-state index in [1.165, 1.54) is 25.3 Å². The van der Waals surface area contributed by atoms with Crippen LogP contribution in [0.15, 0.2) is 27.6 Å². The fourth-order valence-corrected chi connectivity index (χ4v) is 4.80. The van der Waals surface area contributed by atoms with Gasteiger partial charge in [0.05, 0.1) is 17.6 Å². The molecule has 0 spiro atoms. The van der Waals surface area contributed by atoms with E-state index in [1.54, 1.807) is 0 Å². The van der Waals surface area contributed by atoms with Gasteiger partial charge < -0.3 is 10.1 Å². The molecule has 2 rings (SSSR count). The summed E-state index contributed by atoms with van der Waals surface area (Å²) in [5.74, 6) is -0.244. The molecule has 0 radical (unpaired) electrons. The molecular formula is C14H19BrN2O4S. The summed E-state index contributed by atoms with van der Waals surface area (Å²) < 4.78 is 32.7. The Hall–Kier alpha value is -0.960. The van der Waals surface area contributed by atoms with E-state index in [9.17, 15) is 13.2 Å². The zero-order chi connectivity index (χ0) is 16.3. The summed E-state index contributed by atoms with van der Waals surface area (Å²) in [5.41, 5.74) is 0.293. The summed E-state index contributed by atoms with van der Waals surface area (Å²) >= 11 is 3.22. The quantitative estimate of drug-likeness (QED) is 0.761. The molecule has 2 unspecified atom stereocenters. The Labute approximate surface area is 138 Å². The Morgan fingerprint density at radius 3 is 2.77 bits per heavy atom. The van der Waals surface area contributed by atoms with E-state index in [0.717, 1.165) is 13.0 Å². The Balaban J connectivity index is 2.24. The number of piperidine rings is 1. The highest BCUT2D eigenvalue weighted by molar-refractivity contribution is 9.10. The molecule has 1 saturated heterocycles. The van der Waals surface area contributed by atoms with E-state index in [2.05, 4.69) is 30.7 Å². The van der Waals surface area contributed by atoms with Crippen molar-refractivity contribution in [2.24, 2.45) is 5.92 Å². The van der Waals surface area contributed by atoms with Crippen molar-refractivity contribution in [2.75, 3.05) is 20.2 Å². The highest BCUT2D eigenvalue weighted by atomic mass is 79.9. The minimum Gasteiger partial charge on any atom is -0.465 e. The number of halogens is 1. The molecule has 0 aliphatic carbocycles. The number of methoxy groups -OCH3 is 1. The normalized spacial score (nSPS) is 22.3. The van der Waals surface area contributed by atoms with Gasteiger partial charge in [0, 0.05) is 17.1 Å². The lowest BCUT2D eigenvalue weighted by atomic mass is 9.96. The summed E-state index contributed by atoms with van der Waals surface area (Å²) in [6, 6.07) is 4.14. The second-order valence-corrected chi connectivity index (χ2v) is 7.87. The van der Waals surface area contributed by atoms with Gasteiger partial charge in [0.1, 0.15) is 0 Å². The van der Waals surface area contributed by atoms with Gasteiger partial charge in [-0.2, -0.15) is 0 Å². The number of hydrogen-bond donors (Lipinski definition) is 2. The van der Waals surface area contributed by atoms with Crippen LogP contribution < -0.4 is 10.0 Å². The highest BCUT2D eigenvalue weighted by Crippen LogP contribution is 2.25. The standard InChI is InChI=1S/C14H19BrN2O4S/c1-9-5-6-16-8-12(9)17-22(19,20)13-4-3-10(7-11(13)15)14(18)21-2/h3-4,7,9,12,16-17H,5-6,8H2,1-2H3. The van der Waals surface area contributed by atoms with Crippen molar-refractivity contribution in [1.82, 2.24) is 10.0 Å². The molecular weight excluding hydrogens is 372 g/mol. The summed E-state index contributed by atoms with van der Waals surface area (Å²) in [7, 11) is -2.38. The second kappa shape index (κ2) is 7.08. The zero-order valence-corrected chi connectivity index (χ0v) is 14.8. The topological polar surface area (TPSA) is 84.5 Å². The van der Waals surface area contributed by atoms with E-state index in [1.807, 2.05) is 6.92 Å². The Morgan fingerprint density at radius 2 is 2.18 bits per heavy atom. The number of hydrogen-bond acceptors (Lipinski definition) is 5. The minimum absolute atomic E-state index is 0.109. The molecule has 1 heterocycles. The molecule has 6 nitrogen and oxygen atoms in total. The van der Waals surface area contributed by atoms with Crippen molar-refractivity contribution in [1.29, 1.82) is 0 Å². The third-order valence-electron chi connectivity index (χ3n) is 3.78. The first-order valence-corrected chi connectivity index (χ1v) is 9.23. The summed E-state index contributed by atoms with van der Waals surface area (Å²) in [6.45, 7) is 3.54. The third-order valence-corrected chi connectivity index (χ3v) is 6.24. The molecule has 22 heavy (non-hydrogen) atoms. The minimum atomic E-state index is -3.66. The number of carbonyl (C=O) groups is 1. The van der Waals surface area contributed by atoms with E-state index < -0.39 is 16.0 Å². The lowest BCUT2D eigenvalue weighted by molar-refractivity contribution is 0.0600.